The van der Waals surface area contributed by atoms with E-state index in [0.717, 1.165) is 39.9 Å². The number of halogens is 1. The zero-order valence-corrected chi connectivity index (χ0v) is 47.5. The van der Waals surface area contributed by atoms with Crippen molar-refractivity contribution in [3.05, 3.63) is 137 Å². The van der Waals surface area contributed by atoms with E-state index in [2.05, 4.69) is 41.6 Å². The first-order chi connectivity index (χ1) is 35.1. The number of carboxylic acid groups (broad SMARTS) is 1. The summed E-state index contributed by atoms with van der Waals surface area (Å²) in [6.45, 7) is 21.6. The van der Waals surface area contributed by atoms with Crippen molar-refractivity contribution in [3.63, 3.8) is 0 Å². The zero-order valence-electron chi connectivity index (χ0n) is 44.3. The van der Waals surface area contributed by atoms with Gasteiger partial charge >= 0.3 is 30.1 Å². The van der Waals surface area contributed by atoms with Gasteiger partial charge in [0.05, 0.1) is 23.0 Å². The molecule has 0 aliphatic carbocycles. The molecule has 0 spiro atoms. The number of aromatic amines is 1. The molecular formula is C50H73BrN8O14S2. The second kappa shape index (κ2) is 37.3. The lowest BCUT2D eigenvalue weighted by Gasteiger charge is -2.19. The van der Waals surface area contributed by atoms with Crippen molar-refractivity contribution < 1.29 is 48.1 Å². The number of alkyl halides is 1. The number of carboxylic acids is 1. The number of nitrogens with two attached hydrogens (primary N) is 1. The number of alkyl carbamates (subject to hydrolysis) is 2. The Labute approximate surface area is 453 Å². The Balaban J connectivity index is 0.000000904. The molecule has 75 heavy (non-hydrogen) atoms. The summed E-state index contributed by atoms with van der Waals surface area (Å²) in [6.07, 6.45) is -0.832. The minimum atomic E-state index is -0.940. The van der Waals surface area contributed by atoms with Gasteiger partial charge in [0.1, 0.15) is 11.2 Å². The molecule has 4 aromatic rings. The molecule has 22 nitrogen and oxygen atoms in total. The summed E-state index contributed by atoms with van der Waals surface area (Å²) in [6, 6.07) is 20.3. The van der Waals surface area contributed by atoms with Crippen molar-refractivity contribution in [2.45, 2.75) is 100 Å². The first kappa shape index (κ1) is 68.6. The summed E-state index contributed by atoms with van der Waals surface area (Å²) in [7, 11) is 0. The number of H-pyrrole nitrogens is 1. The van der Waals surface area contributed by atoms with Crippen LogP contribution < -0.4 is 43.9 Å². The summed E-state index contributed by atoms with van der Waals surface area (Å²) >= 11 is 5.52. The van der Waals surface area contributed by atoms with Gasteiger partial charge in [0.25, 0.3) is 16.7 Å². The third kappa shape index (κ3) is 35.4. The maximum atomic E-state index is 11.6. The molecule has 5 rings (SSSR count). The highest BCUT2D eigenvalue weighted by Gasteiger charge is 2.17. The Hall–Kier alpha value is -6.44. The topological polar surface area (TPSA) is 311 Å². The number of thioether (sulfide) groups is 2. The fraction of sp³-hybridized carbons (Fsp3) is 0.480. The molecular weight excluding hydrogens is 1080 g/mol. The molecule has 7 N–H and O–H groups in total. The number of aliphatic carboxylic acids is 1. The van der Waals surface area contributed by atoms with Gasteiger partial charge in [0, 0.05) is 98.2 Å². The van der Waals surface area contributed by atoms with Crippen LogP contribution in [0.4, 0.5) is 9.59 Å². The predicted molar refractivity (Wildman–Crippen MR) is 296 cm³/mol. The number of carbonyl (C=O) groups excluding carboxylic acids is 5. The monoisotopic (exact) mass is 1150 g/mol. The minimum Gasteiger partial charge on any atom is -0.481 e. The van der Waals surface area contributed by atoms with Gasteiger partial charge in [0.15, 0.2) is 0 Å². The molecule has 3 amide bonds. The predicted octanol–water partition coefficient (Wildman–Crippen LogP) is 4.28. The Kier molecular flexibility index (Phi) is 34.1. The first-order valence-electron chi connectivity index (χ1n) is 23.3. The Morgan fingerprint density at radius 2 is 1.07 bits per heavy atom. The van der Waals surface area contributed by atoms with Crippen LogP contribution in [0.15, 0.2) is 92.0 Å². The number of aryl methyl sites for hydroxylation is 4. The molecule has 0 atom stereocenters. The van der Waals surface area contributed by atoms with Gasteiger partial charge < -0.3 is 59.7 Å². The van der Waals surface area contributed by atoms with Gasteiger partial charge in [-0.05, 0) is 93.5 Å². The van der Waals surface area contributed by atoms with E-state index in [9.17, 15) is 47.9 Å². The van der Waals surface area contributed by atoms with E-state index in [4.69, 9.17) is 20.3 Å². The highest BCUT2D eigenvalue weighted by atomic mass is 79.9. The summed E-state index contributed by atoms with van der Waals surface area (Å²) in [5.41, 5.74) is 7.80. The van der Waals surface area contributed by atoms with Crippen LogP contribution in [0.5, 0.6) is 0 Å². The quantitative estimate of drug-likeness (QED) is 0.0444. The number of aromatic nitrogens is 4. The Morgan fingerprint density at radius 1 is 0.653 bits per heavy atom. The highest BCUT2D eigenvalue weighted by molar-refractivity contribution is 9.09. The Morgan fingerprint density at radius 3 is 1.40 bits per heavy atom. The van der Waals surface area contributed by atoms with Crippen molar-refractivity contribution >= 4 is 75.5 Å². The Bertz CT molecular complexity index is 2640. The maximum absolute atomic E-state index is 11.6. The minimum absolute atomic E-state index is 0.0236. The molecule has 0 unspecified atom stereocenters. The fourth-order valence-corrected chi connectivity index (χ4v) is 6.77. The van der Waals surface area contributed by atoms with Crippen LogP contribution in [0.1, 0.15) is 64.3 Å². The number of esters is 2. The molecule has 0 radical (unpaired) electrons. The maximum Gasteiger partial charge on any atom is 0.407 e. The standard InChI is InChI=1S/C13H20N2O3.C12H16N2O4S.C8H12N2O.C7H14BrNO2.C6H7NO.C4H4O3S/c1-10-6-5-7-11(16)15(10)9-8-14-12(17)18-13(2,3)4;1-9-3-2-4-11(16)14(9)6-5-13-10(15)7-19-8-12(17)18;1-7-3-2-4-8(11)10(7)6-5-9;1-7(2,3)11-6(10)9-5-4-8;1-5-3-2-4-6(8)7-5;5-3-1-8-2-4(6)7-3/h5-7H,8-9H2,1-4H3,(H,14,17);2-4H,5-8H2,1H3,(H,13,15)(H,17,18);2-4H,5-6,9H2,1H3;4-5H2,1-3H3,(H,9,10);2-4H,1H3,(H,7,8);1-2H2. The normalized spacial score (nSPS) is 11.5. The number of ether oxygens (including phenoxy) is 3. The van der Waals surface area contributed by atoms with Crippen molar-refractivity contribution in [3.8, 4) is 0 Å². The number of rotatable bonds is 14. The molecule has 1 aliphatic heterocycles. The molecule has 0 bridgehead atoms. The SMILES string of the molecule is CC(C)(C)OC(=O)NCCBr.Cc1cccc(=O)[nH]1.Cc1cccc(=O)n1CCN.Cc1cccc(=O)n1CCNC(=O)CSCC(=O)O.Cc1cccc(=O)n1CCNC(=O)OC(C)(C)C.O=C1CSCC(=O)O1. The molecule has 4 aromatic heterocycles. The number of nitrogens with one attached hydrogen (secondary N) is 4. The van der Waals surface area contributed by atoms with Gasteiger partial charge in [0.2, 0.25) is 11.5 Å². The van der Waals surface area contributed by atoms with Crippen molar-refractivity contribution in [1.82, 2.24) is 34.6 Å². The van der Waals surface area contributed by atoms with Crippen LogP contribution in [0.2, 0.25) is 0 Å². The molecule has 1 fully saturated rings. The number of carbonyl (C=O) groups is 6. The van der Waals surface area contributed by atoms with E-state index in [1.807, 2.05) is 72.7 Å². The van der Waals surface area contributed by atoms with Crippen LogP contribution in [-0.2, 0) is 53.0 Å². The van der Waals surface area contributed by atoms with Gasteiger partial charge in [-0.15, -0.1) is 23.5 Å². The largest absolute Gasteiger partial charge is 0.481 e. The van der Waals surface area contributed by atoms with E-state index in [1.54, 1.807) is 64.8 Å². The van der Waals surface area contributed by atoms with E-state index in [-0.39, 0.29) is 45.7 Å². The van der Waals surface area contributed by atoms with Gasteiger partial charge in [-0.25, -0.2) is 9.59 Å². The van der Waals surface area contributed by atoms with Gasteiger partial charge in [-0.3, -0.25) is 38.4 Å². The fourth-order valence-electron chi connectivity index (χ4n) is 5.46. The lowest BCUT2D eigenvalue weighted by atomic mass is 10.2. The van der Waals surface area contributed by atoms with Crippen LogP contribution in [0.25, 0.3) is 0 Å². The second-order valence-corrected chi connectivity index (χ2v) is 20.3. The smallest absolute Gasteiger partial charge is 0.407 e. The average Bonchev–Trinajstić information content (AvgIpc) is 3.29. The van der Waals surface area contributed by atoms with Crippen LogP contribution in [-0.4, -0.2) is 126 Å². The van der Waals surface area contributed by atoms with Crippen molar-refractivity contribution in [2.75, 3.05) is 54.5 Å². The lowest BCUT2D eigenvalue weighted by molar-refractivity contribution is -0.156. The van der Waals surface area contributed by atoms with E-state index in [1.165, 1.54) is 30.0 Å². The molecule has 1 aliphatic rings. The lowest BCUT2D eigenvalue weighted by Crippen LogP contribution is -2.35. The third-order valence-electron chi connectivity index (χ3n) is 8.62. The van der Waals surface area contributed by atoms with Gasteiger partial charge in [-0.1, -0.05) is 40.2 Å². The van der Waals surface area contributed by atoms with E-state index in [0.29, 0.717) is 57.3 Å². The molecule has 1 saturated heterocycles. The number of cyclic esters (lactones) is 2. The van der Waals surface area contributed by atoms with Crippen LogP contribution >= 0.6 is 39.5 Å². The summed E-state index contributed by atoms with van der Waals surface area (Å²) in [5, 5.41) is 17.0. The van der Waals surface area contributed by atoms with Crippen LogP contribution in [0, 0.1) is 27.7 Å². The number of nitrogens with zero attached hydrogens (tertiary/aromatic N) is 3. The summed E-state index contributed by atoms with van der Waals surface area (Å²) in [5.74, 6) is -1.38. The molecule has 25 heteroatoms. The zero-order chi connectivity index (χ0) is 57.1. The highest BCUT2D eigenvalue weighted by Crippen LogP contribution is 2.08. The number of pyridine rings is 4. The molecule has 5 heterocycles. The summed E-state index contributed by atoms with van der Waals surface area (Å²) < 4.78 is 19.1. The van der Waals surface area contributed by atoms with Crippen LogP contribution in [0.3, 0.4) is 0 Å². The molecule has 0 aromatic carbocycles. The number of hydrogen-bond acceptors (Lipinski definition) is 16. The number of hydrogen-bond donors (Lipinski definition) is 6. The third-order valence-corrected chi connectivity index (χ3v) is 10.8. The first-order valence-corrected chi connectivity index (χ1v) is 26.7. The van der Waals surface area contributed by atoms with Crippen molar-refractivity contribution in [1.29, 1.82) is 0 Å². The summed E-state index contributed by atoms with van der Waals surface area (Å²) in [4.78, 5) is 112. The van der Waals surface area contributed by atoms with Gasteiger partial charge in [-0.2, -0.15) is 0 Å². The van der Waals surface area contributed by atoms with Crippen molar-refractivity contribution in [2.24, 2.45) is 5.73 Å². The van der Waals surface area contributed by atoms with E-state index < -0.39 is 35.2 Å². The van der Waals surface area contributed by atoms with E-state index >= 15 is 0 Å². The second-order valence-electron chi connectivity index (χ2n) is 17.6. The molecule has 0 saturated carbocycles. The molecule has 416 valence electrons. The number of amides is 3. The average molecular weight is 1150 g/mol.